The zero-order valence-electron chi connectivity index (χ0n) is 14.9. The van der Waals surface area contributed by atoms with E-state index < -0.39 is 11.7 Å². The summed E-state index contributed by atoms with van der Waals surface area (Å²) in [6.45, 7) is 4.15. The molecule has 0 spiro atoms. The maximum atomic E-state index is 12.6. The fourth-order valence-electron chi connectivity index (χ4n) is 2.30. The quantitative estimate of drug-likeness (QED) is 0.664. The highest BCUT2D eigenvalue weighted by Crippen LogP contribution is 2.29. The number of thioether (sulfide) groups is 1. The molecule has 27 heavy (non-hydrogen) atoms. The topological polar surface area (TPSA) is 57.0 Å². The summed E-state index contributed by atoms with van der Waals surface area (Å²) in [7, 11) is 0. The van der Waals surface area contributed by atoms with Gasteiger partial charge in [-0.2, -0.15) is 18.4 Å². The molecule has 0 fully saturated rings. The Morgan fingerprint density at radius 1 is 1.22 bits per heavy atom. The molecule has 2 rings (SSSR count). The van der Waals surface area contributed by atoms with Gasteiger partial charge in [-0.3, -0.25) is 4.79 Å². The summed E-state index contributed by atoms with van der Waals surface area (Å²) in [4.78, 5) is 17.9. The summed E-state index contributed by atoms with van der Waals surface area (Å²) in [5, 5.41) is 9.18. The zero-order valence-corrected chi connectivity index (χ0v) is 15.7. The molecule has 0 atom stereocenters. The van der Waals surface area contributed by atoms with E-state index in [0.29, 0.717) is 10.7 Å². The van der Waals surface area contributed by atoms with Gasteiger partial charge in [0.15, 0.2) is 0 Å². The van der Waals surface area contributed by atoms with Crippen LogP contribution in [0.3, 0.4) is 0 Å². The molecule has 0 radical (unpaired) electrons. The Balaban J connectivity index is 2.09. The lowest BCUT2D eigenvalue weighted by atomic mass is 10.1. The fourth-order valence-corrected chi connectivity index (χ4v) is 3.02. The maximum absolute atomic E-state index is 12.6. The van der Waals surface area contributed by atoms with Gasteiger partial charge in [0, 0.05) is 18.4 Å². The Hall–Kier alpha value is -2.53. The summed E-state index contributed by atoms with van der Waals surface area (Å²) >= 11 is 1.06. The van der Waals surface area contributed by atoms with Gasteiger partial charge < -0.3 is 4.90 Å². The highest BCUT2D eigenvalue weighted by atomic mass is 32.2. The average molecular weight is 393 g/mol. The van der Waals surface area contributed by atoms with Crippen molar-refractivity contribution >= 4 is 23.4 Å². The van der Waals surface area contributed by atoms with Crippen LogP contribution in [-0.4, -0.2) is 23.2 Å². The molecule has 0 bridgehead atoms. The van der Waals surface area contributed by atoms with Crippen molar-refractivity contribution in [1.82, 2.24) is 4.98 Å². The van der Waals surface area contributed by atoms with Crippen LogP contribution in [-0.2, 0) is 11.0 Å². The van der Waals surface area contributed by atoms with E-state index in [-0.39, 0.29) is 24.6 Å². The number of benzene rings is 1. The number of carbonyl (C=O) groups is 1. The molecular weight excluding hydrogens is 375 g/mol. The normalized spacial score (nSPS) is 11.1. The third-order valence-electron chi connectivity index (χ3n) is 3.96. The summed E-state index contributed by atoms with van der Waals surface area (Å²) < 4.78 is 37.7. The van der Waals surface area contributed by atoms with E-state index in [0.717, 1.165) is 35.2 Å². The number of nitriles is 1. The van der Waals surface area contributed by atoms with Crippen LogP contribution in [0.1, 0.15) is 23.1 Å². The van der Waals surface area contributed by atoms with Crippen molar-refractivity contribution in [3.63, 3.8) is 0 Å². The Bertz CT molecular complexity index is 845. The van der Waals surface area contributed by atoms with Gasteiger partial charge in [0.25, 0.3) is 0 Å². The Labute approximate surface area is 160 Å². The van der Waals surface area contributed by atoms with Crippen LogP contribution in [0.4, 0.5) is 18.9 Å². The number of hydrogen-bond donors (Lipinski definition) is 0. The molecule has 142 valence electrons. The van der Waals surface area contributed by atoms with Gasteiger partial charge in [0.05, 0.1) is 28.8 Å². The minimum absolute atomic E-state index is 0.0106. The number of alkyl halides is 3. The van der Waals surface area contributed by atoms with Gasteiger partial charge >= 0.3 is 6.18 Å². The molecule has 0 aliphatic heterocycles. The van der Waals surface area contributed by atoms with Gasteiger partial charge in [-0.25, -0.2) is 4.98 Å². The van der Waals surface area contributed by atoms with Gasteiger partial charge in [-0.15, -0.1) is 0 Å². The van der Waals surface area contributed by atoms with Gasteiger partial charge in [0.2, 0.25) is 5.91 Å². The second-order valence-corrected chi connectivity index (χ2v) is 6.89. The van der Waals surface area contributed by atoms with Gasteiger partial charge in [-0.1, -0.05) is 17.8 Å². The summed E-state index contributed by atoms with van der Waals surface area (Å²) in [6, 6.07) is 9.81. The first-order valence-corrected chi connectivity index (χ1v) is 9.11. The molecule has 2 aromatic rings. The maximum Gasteiger partial charge on any atom is 0.417 e. The molecule has 1 aromatic carbocycles. The number of rotatable bonds is 6. The molecule has 8 heteroatoms. The van der Waals surface area contributed by atoms with Crippen LogP contribution >= 0.6 is 11.8 Å². The Morgan fingerprint density at radius 2 is 1.96 bits per heavy atom. The smallest absolute Gasteiger partial charge is 0.311 e. The van der Waals surface area contributed by atoms with Crippen LogP contribution in [0.15, 0.2) is 41.6 Å². The van der Waals surface area contributed by atoms with Crippen LogP contribution < -0.4 is 4.90 Å². The van der Waals surface area contributed by atoms with Crippen LogP contribution in [0.5, 0.6) is 0 Å². The molecule has 1 amide bonds. The van der Waals surface area contributed by atoms with E-state index >= 15 is 0 Å². The molecule has 0 saturated heterocycles. The molecule has 0 unspecified atom stereocenters. The lowest BCUT2D eigenvalue weighted by Gasteiger charge is -2.22. The highest BCUT2D eigenvalue weighted by molar-refractivity contribution is 7.99. The van der Waals surface area contributed by atoms with Crippen molar-refractivity contribution in [2.24, 2.45) is 0 Å². The average Bonchev–Trinajstić information content (AvgIpc) is 2.62. The molecule has 4 nitrogen and oxygen atoms in total. The number of carbonyl (C=O) groups excluding carboxylic acids is 1. The largest absolute Gasteiger partial charge is 0.417 e. The van der Waals surface area contributed by atoms with Crippen molar-refractivity contribution in [2.45, 2.75) is 31.5 Å². The van der Waals surface area contributed by atoms with Crippen LogP contribution in [0, 0.1) is 25.2 Å². The number of pyridine rings is 1. The molecular formula is C19H18F3N3OS. The Morgan fingerprint density at radius 3 is 2.52 bits per heavy atom. The van der Waals surface area contributed by atoms with Gasteiger partial charge in [-0.05, 0) is 49.2 Å². The van der Waals surface area contributed by atoms with E-state index in [1.165, 1.54) is 11.0 Å². The number of amides is 1. The van der Waals surface area contributed by atoms with Crippen molar-refractivity contribution in [1.29, 1.82) is 5.26 Å². The number of nitrogens with zero attached hydrogens (tertiary/aromatic N) is 3. The minimum atomic E-state index is -4.44. The first-order valence-electron chi connectivity index (χ1n) is 8.13. The molecule has 0 N–H and O–H groups in total. The molecule has 0 aliphatic carbocycles. The third kappa shape index (κ3) is 5.73. The second-order valence-electron chi connectivity index (χ2n) is 5.89. The van der Waals surface area contributed by atoms with Crippen molar-refractivity contribution in [2.75, 3.05) is 17.2 Å². The fraction of sp³-hybridized carbons (Fsp3) is 0.316. The Kier molecular flexibility index (Phi) is 6.86. The molecule has 0 saturated carbocycles. The molecule has 0 aliphatic rings. The highest BCUT2D eigenvalue weighted by Gasteiger charge is 2.30. The van der Waals surface area contributed by atoms with E-state index in [9.17, 15) is 18.0 Å². The summed E-state index contributed by atoms with van der Waals surface area (Å²) in [5.74, 6) is -0.225. The van der Waals surface area contributed by atoms with E-state index in [4.69, 9.17) is 5.26 Å². The number of halogens is 3. The lowest BCUT2D eigenvalue weighted by molar-refractivity contribution is -0.137. The predicted octanol–water partition coefficient (Wildman–Crippen LogP) is 4.76. The standard InChI is InChI=1S/C19H18F3N3OS/c1-13-4-6-16(10-14(13)2)25(9-3-8-23)18(26)12-27-17-7-5-15(11-24-17)19(20,21)22/h4-7,10-11H,3,9,12H2,1-2H3. The predicted molar refractivity (Wildman–Crippen MR) is 98.5 cm³/mol. The first kappa shape index (κ1) is 20.8. The molecule has 1 heterocycles. The van der Waals surface area contributed by atoms with Gasteiger partial charge in [0.1, 0.15) is 0 Å². The van der Waals surface area contributed by atoms with Crippen LogP contribution in [0.25, 0.3) is 0 Å². The lowest BCUT2D eigenvalue weighted by Crippen LogP contribution is -2.33. The first-order chi connectivity index (χ1) is 12.7. The number of aromatic nitrogens is 1. The molecule has 1 aromatic heterocycles. The van der Waals surface area contributed by atoms with Crippen molar-refractivity contribution in [3.8, 4) is 6.07 Å². The van der Waals surface area contributed by atoms with Crippen LogP contribution in [0.2, 0.25) is 0 Å². The van der Waals surface area contributed by atoms with Crippen molar-refractivity contribution < 1.29 is 18.0 Å². The number of anilines is 1. The summed E-state index contributed by atoms with van der Waals surface area (Å²) in [6.07, 6.45) is -3.51. The SMILES string of the molecule is Cc1ccc(N(CCC#N)C(=O)CSc2ccc(C(F)(F)F)cn2)cc1C. The minimum Gasteiger partial charge on any atom is -0.311 e. The van der Waals surface area contributed by atoms with E-state index in [1.807, 2.05) is 38.1 Å². The van der Waals surface area contributed by atoms with Crippen molar-refractivity contribution in [3.05, 3.63) is 53.2 Å². The number of hydrogen-bond acceptors (Lipinski definition) is 4. The zero-order chi connectivity index (χ0) is 20.0. The second kappa shape index (κ2) is 8.91. The number of aryl methyl sites for hydroxylation is 2. The van der Waals surface area contributed by atoms with E-state index in [2.05, 4.69) is 4.98 Å². The van der Waals surface area contributed by atoms with E-state index in [1.54, 1.807) is 0 Å². The monoisotopic (exact) mass is 393 g/mol. The summed E-state index contributed by atoms with van der Waals surface area (Å²) in [5.41, 5.74) is 1.98. The third-order valence-corrected chi connectivity index (χ3v) is 4.89.